The molecule has 0 saturated carbocycles. The Labute approximate surface area is 240 Å². The lowest BCUT2D eigenvalue weighted by Gasteiger charge is -2.39. The fraction of sp³-hybridized carbons (Fsp3) is 0.333. The second-order valence-electron chi connectivity index (χ2n) is 10.9. The number of allylic oxidation sites excluding steroid dienone is 2. The van der Waals surface area contributed by atoms with Gasteiger partial charge in [0.2, 0.25) is 5.43 Å². The third kappa shape index (κ3) is 4.33. The molecule has 0 spiro atoms. The van der Waals surface area contributed by atoms with Crippen LogP contribution in [-0.4, -0.2) is 74.8 Å². The summed E-state index contributed by atoms with van der Waals surface area (Å²) in [5.74, 6) is -2.66. The second kappa shape index (κ2) is 10.4. The van der Waals surface area contributed by atoms with Crippen LogP contribution in [0, 0.1) is 5.82 Å². The number of H-pyrrole nitrogens is 1. The molecule has 2 aliphatic heterocycles. The lowest BCUT2D eigenvalue weighted by atomic mass is 9.96. The third-order valence-electron chi connectivity index (χ3n) is 8.50. The fourth-order valence-corrected chi connectivity index (χ4v) is 6.58. The summed E-state index contributed by atoms with van der Waals surface area (Å²) in [6, 6.07) is 2.01. The van der Waals surface area contributed by atoms with Crippen molar-refractivity contribution < 1.29 is 18.7 Å². The predicted octanol–water partition coefficient (Wildman–Crippen LogP) is 4.03. The van der Waals surface area contributed by atoms with Crippen molar-refractivity contribution in [3.8, 4) is 11.1 Å². The van der Waals surface area contributed by atoms with Crippen molar-refractivity contribution in [2.45, 2.75) is 31.3 Å². The number of halogens is 2. The van der Waals surface area contributed by atoms with Gasteiger partial charge in [0.1, 0.15) is 28.4 Å². The monoisotopic (exact) mass is 575 g/mol. The number of likely N-dealkylation sites (N-methyl/N-ethyl adjacent to an activating group) is 1. The summed E-state index contributed by atoms with van der Waals surface area (Å²) in [5.41, 5.74) is 1.48. The summed E-state index contributed by atoms with van der Waals surface area (Å²) in [5, 5.41) is 12.8. The summed E-state index contributed by atoms with van der Waals surface area (Å²) in [4.78, 5) is 41.5. The highest BCUT2D eigenvalue weighted by atomic mass is 19.1. The zero-order valence-corrected chi connectivity index (χ0v) is 23.5. The standard InChI is InChI=1S/C30H31F2N7O3/c1-15(31)10-20(33-2)25-24(32)23-26(39-9-7-21-22(39)6-5-8-37(21)3)18(13-34-28(23)36-25)16-11-17-27(40)19(30(41)42)14-38(4)29(17)35-12-16/h10-14,21-22,33H,1,5-9H2,2-4H3,(H,34,36)(H,41,42)/b20-10+. The van der Waals surface area contributed by atoms with Gasteiger partial charge < -0.3 is 29.8 Å². The number of aromatic amines is 1. The van der Waals surface area contributed by atoms with Crippen LogP contribution < -0.4 is 15.6 Å². The first-order valence-corrected chi connectivity index (χ1v) is 13.7. The average Bonchev–Trinajstić information content (AvgIpc) is 3.54. The van der Waals surface area contributed by atoms with Gasteiger partial charge in [-0.3, -0.25) is 4.79 Å². The molecule has 0 bridgehead atoms. The molecule has 0 radical (unpaired) electrons. The molecule has 10 nitrogen and oxygen atoms in total. The van der Waals surface area contributed by atoms with E-state index in [1.165, 1.54) is 10.8 Å². The maximum Gasteiger partial charge on any atom is 0.341 e. The van der Waals surface area contributed by atoms with Crippen molar-refractivity contribution >= 4 is 39.4 Å². The number of nitrogens with one attached hydrogen (secondary N) is 2. The Morgan fingerprint density at radius 2 is 2.00 bits per heavy atom. The van der Waals surface area contributed by atoms with E-state index in [1.54, 1.807) is 32.6 Å². The van der Waals surface area contributed by atoms with E-state index in [9.17, 15) is 19.1 Å². The van der Waals surface area contributed by atoms with Gasteiger partial charge in [-0.1, -0.05) is 6.58 Å². The Hall–Kier alpha value is -4.58. The van der Waals surface area contributed by atoms with Crippen LogP contribution in [0.5, 0.6) is 0 Å². The SMILES string of the molecule is C=C(F)/C=C(/NC)c1[nH]c2ncc(-c3cnc4c(c3)c(=O)c(C(=O)O)cn4C)c(N3CCC4C3CCCN4C)c2c1F. The molecule has 6 heterocycles. The van der Waals surface area contributed by atoms with E-state index in [-0.39, 0.29) is 39.4 Å². The molecule has 3 N–H and O–H groups in total. The van der Waals surface area contributed by atoms with E-state index in [4.69, 9.17) is 0 Å². The zero-order valence-electron chi connectivity index (χ0n) is 23.5. The lowest BCUT2D eigenvalue weighted by Crippen LogP contribution is -2.48. The molecule has 42 heavy (non-hydrogen) atoms. The molecule has 2 aliphatic rings. The topological polar surface area (TPSA) is 119 Å². The number of rotatable bonds is 6. The zero-order chi connectivity index (χ0) is 29.9. The van der Waals surface area contributed by atoms with Crippen LogP contribution in [0.25, 0.3) is 38.9 Å². The van der Waals surface area contributed by atoms with E-state index in [0.717, 1.165) is 31.9 Å². The van der Waals surface area contributed by atoms with Gasteiger partial charge in [0.05, 0.1) is 22.2 Å². The van der Waals surface area contributed by atoms with Gasteiger partial charge in [-0.15, -0.1) is 0 Å². The predicted molar refractivity (Wildman–Crippen MR) is 158 cm³/mol. The molecule has 4 aromatic rings. The molecular weight excluding hydrogens is 544 g/mol. The van der Waals surface area contributed by atoms with E-state index >= 15 is 4.39 Å². The number of nitrogens with zero attached hydrogens (tertiary/aromatic N) is 5. The molecule has 0 aliphatic carbocycles. The number of aromatic nitrogens is 4. The molecule has 2 fully saturated rings. The average molecular weight is 576 g/mol. The summed E-state index contributed by atoms with van der Waals surface area (Å²) in [7, 11) is 5.30. The third-order valence-corrected chi connectivity index (χ3v) is 8.50. The minimum Gasteiger partial charge on any atom is -0.477 e. The molecular formula is C30H31F2N7O3. The molecule has 2 atom stereocenters. The minimum absolute atomic E-state index is 0.0466. The van der Waals surface area contributed by atoms with Crippen LogP contribution in [0.2, 0.25) is 0 Å². The normalized spacial score (nSPS) is 19.5. The van der Waals surface area contributed by atoms with Crippen molar-refractivity contribution in [1.82, 2.24) is 29.7 Å². The molecule has 2 unspecified atom stereocenters. The first-order valence-electron chi connectivity index (χ1n) is 13.7. The number of fused-ring (bicyclic) bond motifs is 3. The van der Waals surface area contributed by atoms with Crippen LogP contribution in [0.1, 0.15) is 35.3 Å². The number of pyridine rings is 3. The van der Waals surface area contributed by atoms with Crippen LogP contribution in [0.3, 0.4) is 0 Å². The molecule has 218 valence electrons. The highest BCUT2D eigenvalue weighted by Gasteiger charge is 2.41. The van der Waals surface area contributed by atoms with Gasteiger partial charge in [-0.25, -0.2) is 23.5 Å². The second-order valence-corrected chi connectivity index (χ2v) is 10.9. The molecule has 2 saturated heterocycles. The van der Waals surface area contributed by atoms with Gasteiger partial charge in [0.25, 0.3) is 0 Å². The summed E-state index contributed by atoms with van der Waals surface area (Å²) in [6.07, 6.45) is 8.38. The Morgan fingerprint density at radius 3 is 2.71 bits per heavy atom. The van der Waals surface area contributed by atoms with Crippen molar-refractivity contribution in [2.75, 3.05) is 32.1 Å². The lowest BCUT2D eigenvalue weighted by molar-refractivity contribution is 0.0695. The van der Waals surface area contributed by atoms with Crippen molar-refractivity contribution in [2.24, 2.45) is 7.05 Å². The first kappa shape index (κ1) is 27.6. The first-order chi connectivity index (χ1) is 20.1. The maximum absolute atomic E-state index is 16.5. The van der Waals surface area contributed by atoms with Crippen LogP contribution in [0.15, 0.2) is 47.9 Å². The van der Waals surface area contributed by atoms with Crippen LogP contribution in [0.4, 0.5) is 14.5 Å². The van der Waals surface area contributed by atoms with Gasteiger partial charge in [0.15, 0.2) is 5.82 Å². The quantitative estimate of drug-likeness (QED) is 0.295. The van der Waals surface area contributed by atoms with Crippen LogP contribution >= 0.6 is 0 Å². The number of anilines is 1. The van der Waals surface area contributed by atoms with Gasteiger partial charge >= 0.3 is 5.97 Å². The van der Waals surface area contributed by atoms with Gasteiger partial charge in [-0.2, -0.15) is 0 Å². The number of carboxylic acid groups (broad SMARTS) is 1. The van der Waals surface area contributed by atoms with Crippen molar-refractivity contribution in [1.29, 1.82) is 0 Å². The summed E-state index contributed by atoms with van der Waals surface area (Å²) >= 11 is 0. The number of hydrogen-bond acceptors (Lipinski definition) is 7. The van der Waals surface area contributed by atoms with Crippen molar-refractivity contribution in [3.05, 3.63) is 70.4 Å². The van der Waals surface area contributed by atoms with Gasteiger partial charge in [-0.05, 0) is 45.0 Å². The number of carboxylic acids is 1. The van der Waals surface area contributed by atoms with Gasteiger partial charge in [0, 0.05) is 62.4 Å². The maximum atomic E-state index is 16.5. The summed E-state index contributed by atoms with van der Waals surface area (Å²) < 4.78 is 31.7. The smallest absolute Gasteiger partial charge is 0.341 e. The fourth-order valence-electron chi connectivity index (χ4n) is 6.58. The highest BCUT2D eigenvalue weighted by Crippen LogP contribution is 2.44. The Balaban J connectivity index is 1.63. The molecule has 4 aromatic heterocycles. The largest absolute Gasteiger partial charge is 0.477 e. The van der Waals surface area contributed by atoms with E-state index in [2.05, 4.69) is 43.7 Å². The van der Waals surface area contributed by atoms with Crippen molar-refractivity contribution in [3.63, 3.8) is 0 Å². The number of carbonyl (C=O) groups is 1. The Morgan fingerprint density at radius 1 is 1.21 bits per heavy atom. The number of aryl methyl sites for hydroxylation is 1. The van der Waals surface area contributed by atoms with E-state index in [0.29, 0.717) is 35.0 Å². The number of aromatic carboxylic acids is 1. The number of hydrogen-bond donors (Lipinski definition) is 3. The number of likely N-dealkylation sites (tertiary alicyclic amines) is 1. The molecule has 0 amide bonds. The van der Waals surface area contributed by atoms with E-state index < -0.39 is 23.0 Å². The molecule has 0 aromatic carbocycles. The molecule has 12 heteroatoms. The highest BCUT2D eigenvalue weighted by molar-refractivity contribution is 6.02. The Bertz CT molecular complexity index is 1860. The van der Waals surface area contributed by atoms with E-state index in [1.807, 2.05) is 0 Å². The minimum atomic E-state index is -1.33. The Kier molecular flexibility index (Phi) is 6.80. The molecule has 6 rings (SSSR count). The van der Waals surface area contributed by atoms with Crippen LogP contribution in [-0.2, 0) is 7.05 Å². The summed E-state index contributed by atoms with van der Waals surface area (Å²) in [6.45, 7) is 4.94. The number of piperidine rings is 1.